The Bertz CT molecular complexity index is 652. The summed E-state index contributed by atoms with van der Waals surface area (Å²) < 4.78 is 4.66. The standard InChI is InChI=1S/C12H13ClN4O3/c1-12(6-18,10(19)20-2)17-9-8-7(4-3-5-14-8)15-11(13)16-9/h3-5,18H,6H2,1-2H3,(H,15,16,17)/t12-/m0/s1. The first-order valence-electron chi connectivity index (χ1n) is 5.76. The third-order valence-electron chi connectivity index (χ3n) is 2.77. The maximum absolute atomic E-state index is 11.7. The minimum atomic E-state index is -1.35. The Morgan fingerprint density at radius 2 is 2.30 bits per heavy atom. The van der Waals surface area contributed by atoms with Crippen LogP contribution in [0.3, 0.4) is 0 Å². The van der Waals surface area contributed by atoms with Gasteiger partial charge in [-0.2, -0.15) is 4.98 Å². The molecule has 0 fully saturated rings. The third kappa shape index (κ3) is 2.63. The third-order valence-corrected chi connectivity index (χ3v) is 2.94. The number of carbonyl (C=O) groups excluding carboxylic acids is 1. The summed E-state index contributed by atoms with van der Waals surface area (Å²) in [4.78, 5) is 23.9. The number of ether oxygens (including phenoxy) is 1. The molecule has 106 valence electrons. The van der Waals surface area contributed by atoms with Crippen molar-refractivity contribution in [1.82, 2.24) is 15.0 Å². The summed E-state index contributed by atoms with van der Waals surface area (Å²) in [7, 11) is 1.24. The van der Waals surface area contributed by atoms with Gasteiger partial charge in [0.25, 0.3) is 0 Å². The fourth-order valence-electron chi connectivity index (χ4n) is 1.67. The smallest absolute Gasteiger partial charge is 0.333 e. The highest BCUT2D eigenvalue weighted by Gasteiger charge is 2.35. The van der Waals surface area contributed by atoms with Crippen LogP contribution in [-0.2, 0) is 9.53 Å². The summed E-state index contributed by atoms with van der Waals surface area (Å²) in [6.07, 6.45) is 1.57. The Kier molecular flexibility index (Phi) is 4.01. The number of nitrogens with one attached hydrogen (secondary N) is 1. The zero-order valence-electron chi connectivity index (χ0n) is 10.9. The lowest BCUT2D eigenvalue weighted by atomic mass is 10.0. The maximum Gasteiger partial charge on any atom is 0.333 e. The molecule has 7 nitrogen and oxygen atoms in total. The van der Waals surface area contributed by atoms with Gasteiger partial charge in [0.2, 0.25) is 5.28 Å². The van der Waals surface area contributed by atoms with E-state index in [4.69, 9.17) is 11.6 Å². The topological polar surface area (TPSA) is 97.2 Å². The van der Waals surface area contributed by atoms with E-state index in [2.05, 4.69) is 25.0 Å². The van der Waals surface area contributed by atoms with Gasteiger partial charge in [-0.1, -0.05) is 0 Å². The number of fused-ring (bicyclic) bond motifs is 1. The maximum atomic E-state index is 11.7. The average Bonchev–Trinajstić information content (AvgIpc) is 2.46. The summed E-state index contributed by atoms with van der Waals surface area (Å²) in [6, 6.07) is 3.43. The molecule has 20 heavy (non-hydrogen) atoms. The number of hydrogen-bond acceptors (Lipinski definition) is 7. The molecule has 0 bridgehead atoms. The number of esters is 1. The van der Waals surface area contributed by atoms with Crippen molar-refractivity contribution in [2.45, 2.75) is 12.5 Å². The Labute approximate surface area is 120 Å². The predicted molar refractivity (Wildman–Crippen MR) is 73.5 cm³/mol. The number of aromatic nitrogens is 3. The van der Waals surface area contributed by atoms with Crippen LogP contribution in [0.5, 0.6) is 0 Å². The number of aliphatic hydroxyl groups is 1. The van der Waals surface area contributed by atoms with Gasteiger partial charge in [-0.15, -0.1) is 0 Å². The van der Waals surface area contributed by atoms with E-state index in [1.54, 1.807) is 18.3 Å². The van der Waals surface area contributed by atoms with Crippen LogP contribution in [-0.4, -0.2) is 45.3 Å². The van der Waals surface area contributed by atoms with Crippen LogP contribution >= 0.6 is 11.6 Å². The van der Waals surface area contributed by atoms with E-state index in [1.807, 2.05) is 0 Å². The Morgan fingerprint density at radius 3 is 2.95 bits per heavy atom. The largest absolute Gasteiger partial charge is 0.467 e. The molecular formula is C12H13ClN4O3. The Balaban J connectivity index is 2.50. The lowest BCUT2D eigenvalue weighted by molar-refractivity contribution is -0.146. The van der Waals surface area contributed by atoms with Crippen molar-refractivity contribution >= 4 is 34.4 Å². The second-order valence-electron chi connectivity index (χ2n) is 4.32. The van der Waals surface area contributed by atoms with Gasteiger partial charge in [0.1, 0.15) is 5.52 Å². The monoisotopic (exact) mass is 296 g/mol. The minimum absolute atomic E-state index is 0.0122. The van der Waals surface area contributed by atoms with Crippen LogP contribution < -0.4 is 5.32 Å². The number of anilines is 1. The molecular weight excluding hydrogens is 284 g/mol. The molecule has 0 radical (unpaired) electrons. The molecule has 0 spiro atoms. The summed E-state index contributed by atoms with van der Waals surface area (Å²) in [6.45, 7) is 1.01. The van der Waals surface area contributed by atoms with Gasteiger partial charge >= 0.3 is 5.97 Å². The average molecular weight is 297 g/mol. The molecule has 8 heteroatoms. The van der Waals surface area contributed by atoms with Crippen LogP contribution in [0.1, 0.15) is 6.92 Å². The van der Waals surface area contributed by atoms with Crippen molar-refractivity contribution in [3.63, 3.8) is 0 Å². The normalized spacial score (nSPS) is 13.8. The van der Waals surface area contributed by atoms with Crippen LogP contribution in [0.2, 0.25) is 5.28 Å². The molecule has 2 heterocycles. The lowest BCUT2D eigenvalue weighted by Gasteiger charge is -2.26. The highest BCUT2D eigenvalue weighted by Crippen LogP contribution is 2.23. The van der Waals surface area contributed by atoms with Crippen LogP contribution in [0.15, 0.2) is 18.3 Å². The van der Waals surface area contributed by atoms with E-state index in [-0.39, 0.29) is 11.1 Å². The number of methoxy groups -OCH3 is 1. The van der Waals surface area contributed by atoms with E-state index in [0.717, 1.165) is 0 Å². The van der Waals surface area contributed by atoms with Crippen molar-refractivity contribution in [3.05, 3.63) is 23.6 Å². The molecule has 0 saturated heterocycles. The van der Waals surface area contributed by atoms with Crippen molar-refractivity contribution < 1.29 is 14.6 Å². The Hall–Kier alpha value is -1.99. The molecule has 0 amide bonds. The van der Waals surface area contributed by atoms with Gasteiger partial charge in [0.15, 0.2) is 11.4 Å². The van der Waals surface area contributed by atoms with Gasteiger partial charge in [0, 0.05) is 6.20 Å². The number of rotatable bonds is 4. The van der Waals surface area contributed by atoms with E-state index in [9.17, 15) is 9.90 Å². The molecule has 0 aromatic carbocycles. The van der Waals surface area contributed by atoms with Crippen molar-refractivity contribution in [2.24, 2.45) is 0 Å². The molecule has 2 aromatic rings. The van der Waals surface area contributed by atoms with E-state index in [0.29, 0.717) is 11.0 Å². The van der Waals surface area contributed by atoms with Crippen molar-refractivity contribution in [1.29, 1.82) is 0 Å². The first kappa shape index (κ1) is 14.4. The SMILES string of the molecule is COC(=O)[C@](C)(CO)Nc1nc(Cl)nc2cccnc12. The van der Waals surface area contributed by atoms with Gasteiger partial charge < -0.3 is 15.2 Å². The van der Waals surface area contributed by atoms with Gasteiger partial charge in [-0.3, -0.25) is 4.98 Å². The van der Waals surface area contributed by atoms with Gasteiger partial charge in [-0.05, 0) is 30.7 Å². The molecule has 2 aromatic heterocycles. The molecule has 2 N–H and O–H groups in total. The van der Waals surface area contributed by atoms with Gasteiger partial charge in [-0.25, -0.2) is 9.78 Å². The first-order valence-corrected chi connectivity index (χ1v) is 6.13. The second-order valence-corrected chi connectivity index (χ2v) is 4.66. The van der Waals surface area contributed by atoms with Crippen LogP contribution in [0.25, 0.3) is 11.0 Å². The lowest BCUT2D eigenvalue weighted by Crippen LogP contribution is -2.48. The Morgan fingerprint density at radius 1 is 1.55 bits per heavy atom. The van der Waals surface area contributed by atoms with Crippen LogP contribution in [0, 0.1) is 0 Å². The highest BCUT2D eigenvalue weighted by molar-refractivity contribution is 6.28. The van der Waals surface area contributed by atoms with Crippen LogP contribution in [0.4, 0.5) is 5.82 Å². The molecule has 0 aliphatic rings. The first-order chi connectivity index (χ1) is 9.50. The fraction of sp³-hybridized carbons (Fsp3) is 0.333. The zero-order valence-corrected chi connectivity index (χ0v) is 11.7. The molecule has 0 saturated carbocycles. The summed E-state index contributed by atoms with van der Waals surface area (Å²) in [5, 5.41) is 12.3. The summed E-state index contributed by atoms with van der Waals surface area (Å²) >= 11 is 5.84. The molecule has 0 unspecified atom stereocenters. The molecule has 0 aliphatic carbocycles. The zero-order chi connectivity index (χ0) is 14.8. The fourth-order valence-corrected chi connectivity index (χ4v) is 1.84. The summed E-state index contributed by atoms with van der Waals surface area (Å²) in [5.74, 6) is -0.374. The predicted octanol–water partition coefficient (Wildman–Crippen LogP) is 1.01. The number of aliphatic hydroxyl groups excluding tert-OH is 1. The number of pyridine rings is 1. The molecule has 1 atom stereocenters. The second kappa shape index (κ2) is 5.56. The molecule has 0 aliphatic heterocycles. The number of halogens is 1. The summed E-state index contributed by atoms with van der Waals surface area (Å²) in [5.41, 5.74) is -0.378. The van der Waals surface area contributed by atoms with Crippen molar-refractivity contribution in [2.75, 3.05) is 19.0 Å². The van der Waals surface area contributed by atoms with E-state index < -0.39 is 18.1 Å². The number of nitrogens with zero attached hydrogens (tertiary/aromatic N) is 3. The van der Waals surface area contributed by atoms with Gasteiger partial charge in [0.05, 0.1) is 19.2 Å². The number of carbonyl (C=O) groups is 1. The van der Waals surface area contributed by atoms with Crippen molar-refractivity contribution in [3.8, 4) is 0 Å². The highest BCUT2D eigenvalue weighted by atomic mass is 35.5. The van der Waals surface area contributed by atoms with E-state index in [1.165, 1.54) is 14.0 Å². The number of hydrogen-bond donors (Lipinski definition) is 2. The van der Waals surface area contributed by atoms with E-state index >= 15 is 0 Å². The molecule has 2 rings (SSSR count). The quantitative estimate of drug-likeness (QED) is 0.642. The minimum Gasteiger partial charge on any atom is -0.467 e.